The summed E-state index contributed by atoms with van der Waals surface area (Å²) in [5, 5.41) is 0. The number of rotatable bonds is 10. The first-order chi connectivity index (χ1) is 9.73. The van der Waals surface area contributed by atoms with Crippen LogP contribution in [0.25, 0.3) is 0 Å². The van der Waals surface area contributed by atoms with Crippen molar-refractivity contribution < 1.29 is 0 Å². The van der Waals surface area contributed by atoms with Gasteiger partial charge >= 0.3 is 0 Å². The molecule has 0 radical (unpaired) electrons. The molecule has 0 aromatic carbocycles. The van der Waals surface area contributed by atoms with Gasteiger partial charge in [-0.1, -0.05) is 57.1 Å². The molecule has 0 fully saturated rings. The van der Waals surface area contributed by atoms with E-state index < -0.39 is 0 Å². The Morgan fingerprint density at radius 3 is 2.05 bits per heavy atom. The predicted octanol–water partition coefficient (Wildman–Crippen LogP) is 7.33. The quantitative estimate of drug-likeness (QED) is 0.369. The molecule has 1 atom stereocenters. The van der Waals surface area contributed by atoms with Crippen molar-refractivity contribution in [2.45, 2.75) is 80.6 Å². The lowest BCUT2D eigenvalue weighted by atomic mass is 9.69. The van der Waals surface area contributed by atoms with Crippen molar-refractivity contribution >= 4 is 0 Å². The fourth-order valence-electron chi connectivity index (χ4n) is 3.09. The summed E-state index contributed by atoms with van der Waals surface area (Å²) >= 11 is 0. The number of allylic oxidation sites excluding steroid dienone is 5. The second-order valence-electron chi connectivity index (χ2n) is 7.60. The third-order valence-electron chi connectivity index (χ3n) is 4.54. The van der Waals surface area contributed by atoms with E-state index in [4.69, 9.17) is 0 Å². The van der Waals surface area contributed by atoms with Crippen LogP contribution in [0.15, 0.2) is 36.0 Å². The molecule has 0 aliphatic rings. The molecule has 0 nitrogen and oxygen atoms in total. The van der Waals surface area contributed by atoms with Gasteiger partial charge in [0.15, 0.2) is 0 Å². The van der Waals surface area contributed by atoms with Crippen LogP contribution in [0, 0.1) is 17.3 Å². The minimum atomic E-state index is 0.296. The lowest BCUT2D eigenvalue weighted by Gasteiger charge is -2.36. The Labute approximate surface area is 134 Å². The molecule has 0 saturated heterocycles. The summed E-state index contributed by atoms with van der Waals surface area (Å²) in [6.07, 6.45) is 13.0. The van der Waals surface area contributed by atoms with Crippen molar-refractivity contribution in [3.8, 4) is 0 Å². The van der Waals surface area contributed by atoms with Gasteiger partial charge in [-0.25, -0.2) is 0 Å². The van der Waals surface area contributed by atoms with E-state index in [1.54, 1.807) is 0 Å². The summed E-state index contributed by atoms with van der Waals surface area (Å²) in [6, 6.07) is 0. The molecular formula is C21H38. The molecule has 0 heteroatoms. The molecule has 122 valence electrons. The molecule has 0 bridgehead atoms. The Bertz CT molecular complexity index is 350. The van der Waals surface area contributed by atoms with Crippen LogP contribution in [0.2, 0.25) is 0 Å². The maximum absolute atomic E-state index is 4.15. The van der Waals surface area contributed by atoms with E-state index >= 15 is 0 Å². The third kappa shape index (κ3) is 8.29. The van der Waals surface area contributed by atoms with E-state index in [2.05, 4.69) is 73.3 Å². The first-order valence-electron chi connectivity index (χ1n) is 8.66. The van der Waals surface area contributed by atoms with Gasteiger partial charge in [0.05, 0.1) is 0 Å². The molecule has 1 unspecified atom stereocenters. The zero-order chi connectivity index (χ0) is 16.5. The number of hydrogen-bond donors (Lipinski definition) is 0. The summed E-state index contributed by atoms with van der Waals surface area (Å²) in [6.45, 7) is 20.1. The topological polar surface area (TPSA) is 0 Å². The van der Waals surface area contributed by atoms with Crippen LogP contribution < -0.4 is 0 Å². The molecule has 0 N–H and O–H groups in total. The minimum absolute atomic E-state index is 0.296. The molecule has 0 aromatic heterocycles. The predicted molar refractivity (Wildman–Crippen MR) is 98.6 cm³/mol. The van der Waals surface area contributed by atoms with Crippen molar-refractivity contribution in [2.24, 2.45) is 17.3 Å². The first-order valence-corrected chi connectivity index (χ1v) is 8.66. The van der Waals surface area contributed by atoms with Gasteiger partial charge in [0.1, 0.15) is 0 Å². The van der Waals surface area contributed by atoms with Crippen molar-refractivity contribution in [2.75, 3.05) is 0 Å². The highest BCUT2D eigenvalue weighted by atomic mass is 14.3. The van der Waals surface area contributed by atoms with Crippen LogP contribution in [0.4, 0.5) is 0 Å². The summed E-state index contributed by atoms with van der Waals surface area (Å²) in [7, 11) is 0. The van der Waals surface area contributed by atoms with Gasteiger partial charge in [-0.15, -0.1) is 6.58 Å². The average Bonchev–Trinajstić information content (AvgIpc) is 2.36. The van der Waals surface area contributed by atoms with E-state index in [1.807, 2.05) is 0 Å². The van der Waals surface area contributed by atoms with Crippen molar-refractivity contribution in [3.63, 3.8) is 0 Å². The van der Waals surface area contributed by atoms with Gasteiger partial charge < -0.3 is 0 Å². The van der Waals surface area contributed by atoms with Gasteiger partial charge in [0, 0.05) is 0 Å². The highest BCUT2D eigenvalue weighted by Gasteiger charge is 2.30. The molecule has 0 spiro atoms. The Kier molecular flexibility index (Phi) is 9.66. The van der Waals surface area contributed by atoms with E-state index in [1.165, 1.54) is 43.3 Å². The van der Waals surface area contributed by atoms with Crippen molar-refractivity contribution in [3.05, 3.63) is 36.0 Å². The van der Waals surface area contributed by atoms with Crippen LogP contribution in [-0.2, 0) is 0 Å². The van der Waals surface area contributed by atoms with Gasteiger partial charge in [0.2, 0.25) is 0 Å². The first kappa shape index (κ1) is 20.2. The van der Waals surface area contributed by atoms with Crippen LogP contribution >= 0.6 is 0 Å². The molecule has 21 heavy (non-hydrogen) atoms. The van der Waals surface area contributed by atoms with Crippen molar-refractivity contribution in [1.82, 2.24) is 0 Å². The lowest BCUT2D eigenvalue weighted by Crippen LogP contribution is -2.26. The summed E-state index contributed by atoms with van der Waals surface area (Å²) in [5.74, 6) is 1.39. The van der Waals surface area contributed by atoms with E-state index in [9.17, 15) is 0 Å². The van der Waals surface area contributed by atoms with Crippen LogP contribution in [0.1, 0.15) is 80.6 Å². The zero-order valence-electron chi connectivity index (χ0n) is 15.6. The number of hydrogen-bond acceptors (Lipinski definition) is 0. The Balaban J connectivity index is 4.55. The average molecular weight is 291 g/mol. The minimum Gasteiger partial charge on any atom is -0.103 e. The van der Waals surface area contributed by atoms with E-state index in [-0.39, 0.29) is 0 Å². The molecular weight excluding hydrogens is 252 g/mol. The van der Waals surface area contributed by atoms with Gasteiger partial charge in [-0.2, -0.15) is 0 Å². The van der Waals surface area contributed by atoms with Crippen LogP contribution in [0.5, 0.6) is 0 Å². The third-order valence-corrected chi connectivity index (χ3v) is 4.54. The second-order valence-corrected chi connectivity index (χ2v) is 7.60. The molecule has 0 aromatic rings. The fraction of sp³-hybridized carbons (Fsp3) is 0.714. The van der Waals surface area contributed by atoms with Gasteiger partial charge in [-0.3, -0.25) is 0 Å². The monoisotopic (exact) mass is 290 g/mol. The smallest absolute Gasteiger partial charge is 0.00925 e. The second kappa shape index (κ2) is 10.0. The van der Waals surface area contributed by atoms with Crippen LogP contribution in [-0.4, -0.2) is 0 Å². The molecule has 0 rings (SSSR count). The summed E-state index contributed by atoms with van der Waals surface area (Å²) in [4.78, 5) is 0. The normalized spacial score (nSPS) is 15.2. The molecule has 0 aliphatic heterocycles. The zero-order valence-corrected chi connectivity index (χ0v) is 15.6. The molecule has 0 aliphatic carbocycles. The fourth-order valence-corrected chi connectivity index (χ4v) is 3.09. The maximum atomic E-state index is 4.15. The molecule has 0 amide bonds. The Morgan fingerprint density at radius 2 is 1.62 bits per heavy atom. The Hall–Kier alpha value is -0.780. The molecule has 0 heterocycles. The summed E-state index contributed by atoms with van der Waals surface area (Å²) in [5.41, 5.74) is 3.24. The van der Waals surface area contributed by atoms with Crippen LogP contribution in [0.3, 0.4) is 0 Å². The summed E-state index contributed by atoms with van der Waals surface area (Å²) < 4.78 is 0. The standard InChI is InChI=1S/C21H38/c1-9-21(19(6)7,16-18(4)5)15-11-14-20(8)13-10-12-17(2)3/h9,12,14,18-19H,1,10-11,13,15-16H2,2-8H3/b20-14+. The maximum Gasteiger partial charge on any atom is -0.00925 e. The van der Waals surface area contributed by atoms with E-state index in [0.717, 1.165) is 5.92 Å². The highest BCUT2D eigenvalue weighted by molar-refractivity contribution is 5.04. The van der Waals surface area contributed by atoms with E-state index in [0.29, 0.717) is 11.3 Å². The Morgan fingerprint density at radius 1 is 1.00 bits per heavy atom. The van der Waals surface area contributed by atoms with Crippen molar-refractivity contribution in [1.29, 1.82) is 0 Å². The lowest BCUT2D eigenvalue weighted by molar-refractivity contribution is 0.198. The largest absolute Gasteiger partial charge is 0.103 e. The van der Waals surface area contributed by atoms with Gasteiger partial charge in [-0.05, 0) is 70.1 Å². The molecule has 0 saturated carbocycles. The SMILES string of the molecule is C=CC(CC/C=C(\C)CCC=C(C)C)(CC(C)C)C(C)C. The van der Waals surface area contributed by atoms with Gasteiger partial charge in [0.25, 0.3) is 0 Å². The highest BCUT2D eigenvalue weighted by Crippen LogP contribution is 2.40.